The molecule has 130 valence electrons. The second-order valence-corrected chi connectivity index (χ2v) is 4.56. The van der Waals surface area contributed by atoms with E-state index < -0.39 is 56.9 Å². The van der Waals surface area contributed by atoms with Gasteiger partial charge in [0.25, 0.3) is 0 Å². The van der Waals surface area contributed by atoms with Gasteiger partial charge in [-0.15, -0.1) is 0 Å². The Bertz CT molecular complexity index is 734. The Morgan fingerprint density at radius 1 is 1.29 bits per heavy atom. The highest BCUT2D eigenvalue weighted by Crippen LogP contribution is 2.32. The van der Waals surface area contributed by atoms with Gasteiger partial charge in [0.05, 0.1) is 12.0 Å². The predicted molar refractivity (Wildman–Crippen MR) is 76.6 cm³/mol. The van der Waals surface area contributed by atoms with Crippen molar-refractivity contribution in [2.24, 2.45) is 10.9 Å². The molecule has 0 bridgehead atoms. The zero-order valence-corrected chi connectivity index (χ0v) is 12.9. The number of Topliss-reactive ketones (excluding diaryl/α,β-unsaturated/α-hetero) is 1. The Kier molecular flexibility index (Phi) is 6.15. The number of benzene rings is 1. The minimum atomic E-state index is -1.99. The van der Waals surface area contributed by atoms with E-state index in [4.69, 9.17) is 0 Å². The van der Waals surface area contributed by atoms with Crippen LogP contribution in [-0.2, 0) is 9.53 Å². The van der Waals surface area contributed by atoms with Gasteiger partial charge in [0.15, 0.2) is 17.5 Å². The molecule has 1 unspecified atom stereocenters. The maximum atomic E-state index is 14.2. The summed E-state index contributed by atoms with van der Waals surface area (Å²) in [6.45, 7) is 2.53. The van der Waals surface area contributed by atoms with Crippen LogP contribution < -0.4 is 0 Å². The van der Waals surface area contributed by atoms with Crippen LogP contribution >= 0.6 is 0 Å². The van der Waals surface area contributed by atoms with Gasteiger partial charge in [0.2, 0.25) is 5.82 Å². The number of hydrogen-bond donors (Lipinski definition) is 0. The van der Waals surface area contributed by atoms with Gasteiger partial charge in [-0.3, -0.25) is 24.7 Å². The summed E-state index contributed by atoms with van der Waals surface area (Å²) >= 11 is 0. The fraction of sp³-hybridized carbons (Fsp3) is 0.357. The normalized spacial score (nSPS) is 12.2. The van der Waals surface area contributed by atoms with E-state index in [2.05, 4.69) is 9.73 Å². The van der Waals surface area contributed by atoms with E-state index in [1.54, 1.807) is 6.92 Å². The van der Waals surface area contributed by atoms with E-state index >= 15 is 0 Å². The molecule has 0 radical (unpaired) electrons. The number of nitro groups is 1. The van der Waals surface area contributed by atoms with E-state index in [1.807, 2.05) is 0 Å². The van der Waals surface area contributed by atoms with Crippen LogP contribution in [0.4, 0.5) is 18.9 Å². The van der Waals surface area contributed by atoms with Crippen LogP contribution in [-0.4, -0.2) is 36.5 Å². The number of ether oxygens (including phenoxy) is 1. The molecule has 0 aromatic heterocycles. The third kappa shape index (κ3) is 3.42. The Morgan fingerprint density at radius 2 is 1.88 bits per heavy atom. The van der Waals surface area contributed by atoms with Gasteiger partial charge in [0, 0.05) is 18.3 Å². The monoisotopic (exact) mass is 346 g/mol. The summed E-state index contributed by atoms with van der Waals surface area (Å²) in [5.41, 5.74) is -3.94. The van der Waals surface area contributed by atoms with Gasteiger partial charge in [-0.25, -0.2) is 8.78 Å². The summed E-state index contributed by atoms with van der Waals surface area (Å²) < 4.78 is 46.0. The highest BCUT2D eigenvalue weighted by Gasteiger charge is 2.39. The minimum Gasteiger partial charge on any atom is -0.468 e. The lowest BCUT2D eigenvalue weighted by molar-refractivity contribution is -0.388. The predicted octanol–water partition coefficient (Wildman–Crippen LogP) is 2.38. The Morgan fingerprint density at radius 3 is 2.33 bits per heavy atom. The second-order valence-electron chi connectivity index (χ2n) is 4.56. The first-order valence-electron chi connectivity index (χ1n) is 6.62. The number of ketones is 1. The number of nitro benzene ring substituents is 1. The first kappa shape index (κ1) is 19.3. The third-order valence-corrected chi connectivity index (χ3v) is 3.12. The van der Waals surface area contributed by atoms with E-state index in [1.165, 1.54) is 0 Å². The molecular formula is C14H13F3N2O5. The summed E-state index contributed by atoms with van der Waals surface area (Å²) in [6.07, 6.45) is 0.813. The molecule has 0 fully saturated rings. The number of methoxy groups -OCH3 is 1. The molecule has 0 aliphatic heterocycles. The number of carbonyl (C=O) groups is 2. The van der Waals surface area contributed by atoms with E-state index in [0.717, 1.165) is 20.2 Å². The lowest BCUT2D eigenvalue weighted by atomic mass is 9.94. The van der Waals surface area contributed by atoms with Gasteiger partial charge < -0.3 is 4.74 Å². The second kappa shape index (κ2) is 7.66. The smallest absolute Gasteiger partial charge is 0.322 e. The molecule has 0 saturated carbocycles. The summed E-state index contributed by atoms with van der Waals surface area (Å²) in [5.74, 6) is -9.85. The SMILES string of the molecule is CCN=CC(C(=O)OC)C(=O)c1c(F)c(C)c(F)c(F)c1[N+](=O)[O-]. The fourth-order valence-electron chi connectivity index (χ4n) is 1.89. The van der Waals surface area contributed by atoms with Crippen molar-refractivity contribution in [2.45, 2.75) is 13.8 Å². The molecule has 10 heteroatoms. The van der Waals surface area contributed by atoms with Crippen molar-refractivity contribution in [2.75, 3.05) is 13.7 Å². The molecule has 7 nitrogen and oxygen atoms in total. The van der Waals surface area contributed by atoms with Crippen molar-refractivity contribution in [1.82, 2.24) is 0 Å². The molecule has 0 aliphatic carbocycles. The fourth-order valence-corrected chi connectivity index (χ4v) is 1.89. The van der Waals surface area contributed by atoms with Crippen LogP contribution in [0.3, 0.4) is 0 Å². The van der Waals surface area contributed by atoms with Gasteiger partial charge in [0.1, 0.15) is 11.4 Å². The highest BCUT2D eigenvalue weighted by atomic mass is 19.2. The van der Waals surface area contributed by atoms with Gasteiger partial charge >= 0.3 is 11.7 Å². The molecule has 1 atom stereocenters. The van der Waals surface area contributed by atoms with Gasteiger partial charge in [-0.1, -0.05) is 0 Å². The molecule has 0 N–H and O–H groups in total. The number of halogens is 3. The lowest BCUT2D eigenvalue weighted by Gasteiger charge is -2.12. The van der Waals surface area contributed by atoms with Crippen LogP contribution in [0.5, 0.6) is 0 Å². The highest BCUT2D eigenvalue weighted by molar-refractivity contribution is 6.20. The van der Waals surface area contributed by atoms with E-state index in [9.17, 15) is 32.9 Å². The summed E-state index contributed by atoms with van der Waals surface area (Å²) in [7, 11) is 0.934. The maximum Gasteiger partial charge on any atom is 0.322 e. The maximum absolute atomic E-state index is 14.2. The summed E-state index contributed by atoms with van der Waals surface area (Å²) in [4.78, 5) is 37.2. The molecular weight excluding hydrogens is 333 g/mol. The van der Waals surface area contributed by atoms with Crippen molar-refractivity contribution in [3.05, 3.63) is 38.7 Å². The van der Waals surface area contributed by atoms with Crippen LogP contribution in [0.1, 0.15) is 22.8 Å². The Hall–Kier alpha value is -2.78. The van der Waals surface area contributed by atoms with Crippen LogP contribution in [0.15, 0.2) is 4.99 Å². The summed E-state index contributed by atoms with van der Waals surface area (Å²) in [5, 5.41) is 11.0. The number of esters is 1. The van der Waals surface area contributed by atoms with Gasteiger partial charge in [-0.05, 0) is 13.8 Å². The van der Waals surface area contributed by atoms with Crippen molar-refractivity contribution in [1.29, 1.82) is 0 Å². The van der Waals surface area contributed by atoms with E-state index in [0.29, 0.717) is 0 Å². The molecule has 1 aromatic carbocycles. The third-order valence-electron chi connectivity index (χ3n) is 3.12. The first-order valence-corrected chi connectivity index (χ1v) is 6.62. The first-order chi connectivity index (χ1) is 11.2. The number of rotatable bonds is 6. The van der Waals surface area contributed by atoms with Crippen LogP contribution in [0.2, 0.25) is 0 Å². The van der Waals surface area contributed by atoms with Crippen LogP contribution in [0.25, 0.3) is 0 Å². The molecule has 1 rings (SSSR count). The minimum absolute atomic E-state index is 0.155. The Balaban J connectivity index is 3.70. The van der Waals surface area contributed by atoms with Crippen LogP contribution in [0, 0.1) is 40.4 Å². The van der Waals surface area contributed by atoms with E-state index in [-0.39, 0.29) is 6.54 Å². The molecule has 24 heavy (non-hydrogen) atoms. The largest absolute Gasteiger partial charge is 0.468 e. The molecule has 0 spiro atoms. The Labute approximate surface area is 134 Å². The number of aliphatic imine (C=N–C) groups is 1. The standard InChI is InChI=1S/C14H13F3N2O5/c1-4-18-5-7(14(21)24-3)13(20)8-9(15)6(2)10(16)11(17)12(8)19(22)23/h5,7H,4H2,1-3H3. The average molecular weight is 346 g/mol. The molecule has 0 aliphatic rings. The summed E-state index contributed by atoms with van der Waals surface area (Å²) in [6, 6.07) is 0. The number of hydrogen-bond acceptors (Lipinski definition) is 6. The van der Waals surface area contributed by atoms with Crippen molar-refractivity contribution in [3.63, 3.8) is 0 Å². The zero-order valence-electron chi connectivity index (χ0n) is 12.9. The molecule has 1 aromatic rings. The number of carbonyl (C=O) groups excluding carboxylic acids is 2. The molecule has 0 saturated heterocycles. The van der Waals surface area contributed by atoms with Crippen molar-refractivity contribution in [3.8, 4) is 0 Å². The topological polar surface area (TPSA) is 98.9 Å². The van der Waals surface area contributed by atoms with Crippen molar-refractivity contribution >= 4 is 23.7 Å². The molecule has 0 heterocycles. The molecule has 0 amide bonds. The zero-order chi connectivity index (χ0) is 18.6. The van der Waals surface area contributed by atoms with Crippen molar-refractivity contribution < 1.29 is 32.4 Å². The lowest BCUT2D eigenvalue weighted by Crippen LogP contribution is -2.29. The average Bonchev–Trinajstić information content (AvgIpc) is 2.55. The quantitative estimate of drug-likeness (QED) is 0.150. The van der Waals surface area contributed by atoms with Gasteiger partial charge in [-0.2, -0.15) is 4.39 Å². The number of nitrogens with zero attached hydrogens (tertiary/aromatic N) is 2.